The fourth-order valence-electron chi connectivity index (χ4n) is 1.51. The maximum atomic E-state index is 12.1. The highest BCUT2D eigenvalue weighted by Gasteiger charge is 2.10. The zero-order chi connectivity index (χ0) is 12.3. The number of benzene rings is 2. The van der Waals surface area contributed by atoms with Gasteiger partial charge in [0.1, 0.15) is 0 Å². The van der Waals surface area contributed by atoms with Crippen LogP contribution in [0.4, 0.5) is 5.69 Å². The van der Waals surface area contributed by atoms with Crippen molar-refractivity contribution in [1.29, 1.82) is 0 Å². The van der Waals surface area contributed by atoms with Crippen molar-refractivity contribution in [2.24, 2.45) is 0 Å². The smallest absolute Gasteiger partial charge is 0.193 e. The van der Waals surface area contributed by atoms with Crippen LogP contribution in [0.5, 0.6) is 0 Å². The van der Waals surface area contributed by atoms with Crippen molar-refractivity contribution in [2.75, 3.05) is 5.48 Å². The van der Waals surface area contributed by atoms with E-state index < -0.39 is 0 Å². The number of carbonyl (C=O) groups is 1. The second-order valence-electron chi connectivity index (χ2n) is 3.50. The molecule has 0 saturated heterocycles. The molecule has 86 valence electrons. The van der Waals surface area contributed by atoms with Crippen LogP contribution in [0.3, 0.4) is 0 Å². The van der Waals surface area contributed by atoms with Gasteiger partial charge in [0.05, 0.1) is 10.7 Å². The van der Waals surface area contributed by atoms with Gasteiger partial charge in [0.2, 0.25) is 0 Å². The number of hydrogen-bond donors (Lipinski definition) is 2. The molecule has 0 spiro atoms. The topological polar surface area (TPSA) is 49.3 Å². The van der Waals surface area contributed by atoms with Crippen molar-refractivity contribution < 1.29 is 10.0 Å². The first-order valence-electron chi connectivity index (χ1n) is 5.02. The Morgan fingerprint density at radius 2 is 1.76 bits per heavy atom. The van der Waals surface area contributed by atoms with Crippen LogP contribution in [0, 0.1) is 0 Å². The number of hydrogen-bond acceptors (Lipinski definition) is 3. The third kappa shape index (κ3) is 2.46. The van der Waals surface area contributed by atoms with E-state index in [1.807, 2.05) is 11.5 Å². The average molecular weight is 248 g/mol. The van der Waals surface area contributed by atoms with Crippen molar-refractivity contribution >= 4 is 23.1 Å². The molecule has 3 nitrogen and oxygen atoms in total. The Labute approximate surface area is 104 Å². The van der Waals surface area contributed by atoms with E-state index in [0.29, 0.717) is 21.8 Å². The molecule has 0 aliphatic rings. The minimum Gasteiger partial charge on any atom is -0.291 e. The summed E-state index contributed by atoms with van der Waals surface area (Å²) in [6.07, 6.45) is 0. The lowest BCUT2D eigenvalue weighted by Gasteiger charge is -2.05. The first-order chi connectivity index (χ1) is 8.22. The van der Waals surface area contributed by atoms with Gasteiger partial charge in [-0.15, -0.1) is 0 Å². The maximum Gasteiger partial charge on any atom is 0.193 e. The quantitative estimate of drug-likeness (QED) is 0.646. The Kier molecular flexibility index (Phi) is 3.42. The number of rotatable bonds is 3. The van der Waals surface area contributed by atoms with Gasteiger partial charge >= 0.3 is 0 Å². The second-order valence-corrected chi connectivity index (χ2v) is 3.91. The van der Waals surface area contributed by atoms with E-state index in [0.717, 1.165) is 0 Å². The molecule has 0 atom stereocenters. The molecule has 17 heavy (non-hydrogen) atoms. The summed E-state index contributed by atoms with van der Waals surface area (Å²) in [7, 11) is 0. The van der Waals surface area contributed by atoms with Crippen molar-refractivity contribution in [3.63, 3.8) is 0 Å². The highest BCUT2D eigenvalue weighted by Crippen LogP contribution is 2.23. The molecule has 0 aliphatic carbocycles. The van der Waals surface area contributed by atoms with Crippen LogP contribution in [0.15, 0.2) is 48.5 Å². The molecule has 2 N–H and O–H groups in total. The van der Waals surface area contributed by atoms with E-state index >= 15 is 0 Å². The number of anilines is 1. The number of carbonyl (C=O) groups excluding carboxylic acids is 1. The molecule has 2 rings (SSSR count). The minimum absolute atomic E-state index is 0.112. The van der Waals surface area contributed by atoms with Gasteiger partial charge in [-0.3, -0.25) is 15.5 Å². The Morgan fingerprint density at radius 3 is 2.41 bits per heavy atom. The molecule has 0 unspecified atom stereocenters. The Morgan fingerprint density at radius 1 is 1.06 bits per heavy atom. The van der Waals surface area contributed by atoms with Crippen molar-refractivity contribution in [3.05, 3.63) is 64.7 Å². The predicted molar refractivity (Wildman–Crippen MR) is 66.7 cm³/mol. The Bertz CT molecular complexity index is 540. The molecule has 0 bridgehead atoms. The summed E-state index contributed by atoms with van der Waals surface area (Å²) < 4.78 is 0. The predicted octanol–water partition coefficient (Wildman–Crippen LogP) is 3.37. The van der Waals surface area contributed by atoms with Crippen LogP contribution < -0.4 is 5.48 Å². The SMILES string of the molecule is O=C(c1ccccc1)c1ccc(Cl)c(NO)c1. The third-order valence-electron chi connectivity index (χ3n) is 2.38. The average Bonchev–Trinajstić information content (AvgIpc) is 2.39. The first-order valence-corrected chi connectivity index (χ1v) is 5.39. The van der Waals surface area contributed by atoms with Gasteiger partial charge in [-0.1, -0.05) is 41.9 Å². The summed E-state index contributed by atoms with van der Waals surface area (Å²) in [5, 5.41) is 9.21. The number of nitrogens with one attached hydrogen (secondary N) is 1. The van der Waals surface area contributed by atoms with Crippen LogP contribution in [0.25, 0.3) is 0 Å². The third-order valence-corrected chi connectivity index (χ3v) is 2.71. The van der Waals surface area contributed by atoms with Gasteiger partial charge in [0.15, 0.2) is 5.78 Å². The number of halogens is 1. The fraction of sp³-hybridized carbons (Fsp3) is 0. The van der Waals surface area contributed by atoms with Crippen molar-refractivity contribution in [1.82, 2.24) is 0 Å². The molecule has 4 heteroatoms. The van der Waals surface area contributed by atoms with Crippen LogP contribution >= 0.6 is 11.6 Å². The maximum absolute atomic E-state index is 12.1. The summed E-state index contributed by atoms with van der Waals surface area (Å²) in [4.78, 5) is 12.1. The zero-order valence-corrected chi connectivity index (χ0v) is 9.61. The summed E-state index contributed by atoms with van der Waals surface area (Å²) in [6, 6.07) is 13.6. The van der Waals surface area contributed by atoms with Gasteiger partial charge in [-0.25, -0.2) is 0 Å². The van der Waals surface area contributed by atoms with Crippen molar-refractivity contribution in [3.8, 4) is 0 Å². The van der Waals surface area contributed by atoms with E-state index in [-0.39, 0.29) is 5.78 Å². The van der Waals surface area contributed by atoms with Crippen LogP contribution in [-0.4, -0.2) is 11.0 Å². The Hall–Kier alpha value is -1.84. The summed E-state index contributed by atoms with van der Waals surface area (Å²) in [5.41, 5.74) is 3.34. The molecule has 0 radical (unpaired) electrons. The highest BCUT2D eigenvalue weighted by molar-refractivity contribution is 6.33. The molecule has 0 aliphatic heterocycles. The molecular weight excluding hydrogens is 238 g/mol. The molecule has 0 aromatic heterocycles. The largest absolute Gasteiger partial charge is 0.291 e. The van der Waals surface area contributed by atoms with Gasteiger partial charge in [0, 0.05) is 11.1 Å². The summed E-state index contributed by atoms with van der Waals surface area (Å²) in [6.45, 7) is 0. The van der Waals surface area contributed by atoms with Gasteiger partial charge in [-0.2, -0.15) is 0 Å². The second kappa shape index (κ2) is 4.99. The summed E-state index contributed by atoms with van der Waals surface area (Å²) in [5.74, 6) is -0.112. The highest BCUT2D eigenvalue weighted by atomic mass is 35.5. The Balaban J connectivity index is 2.38. The minimum atomic E-state index is -0.112. The lowest BCUT2D eigenvalue weighted by Crippen LogP contribution is -2.02. The fourth-order valence-corrected chi connectivity index (χ4v) is 1.67. The van der Waals surface area contributed by atoms with Crippen LogP contribution in [0.1, 0.15) is 15.9 Å². The lowest BCUT2D eigenvalue weighted by atomic mass is 10.0. The van der Waals surface area contributed by atoms with Gasteiger partial charge in [0.25, 0.3) is 0 Å². The normalized spacial score (nSPS) is 10.0. The molecule has 2 aromatic rings. The van der Waals surface area contributed by atoms with Gasteiger partial charge in [-0.05, 0) is 18.2 Å². The molecular formula is C13H10ClNO2. The van der Waals surface area contributed by atoms with Crippen molar-refractivity contribution in [2.45, 2.75) is 0 Å². The number of ketones is 1. The molecule has 2 aromatic carbocycles. The monoisotopic (exact) mass is 247 g/mol. The molecule has 0 fully saturated rings. The van der Waals surface area contributed by atoms with E-state index in [4.69, 9.17) is 16.8 Å². The van der Waals surface area contributed by atoms with E-state index in [2.05, 4.69) is 0 Å². The lowest BCUT2D eigenvalue weighted by molar-refractivity contribution is 0.103. The van der Waals surface area contributed by atoms with E-state index in [1.54, 1.807) is 36.4 Å². The summed E-state index contributed by atoms with van der Waals surface area (Å²) >= 11 is 5.81. The standard InChI is InChI=1S/C13H10ClNO2/c14-11-7-6-10(8-12(11)15-17)13(16)9-4-2-1-3-5-9/h1-8,15,17H. The van der Waals surface area contributed by atoms with Crippen LogP contribution in [0.2, 0.25) is 5.02 Å². The zero-order valence-electron chi connectivity index (χ0n) is 8.85. The molecule has 0 heterocycles. The molecule has 0 amide bonds. The van der Waals surface area contributed by atoms with Crippen LogP contribution in [-0.2, 0) is 0 Å². The first kappa shape index (κ1) is 11.6. The van der Waals surface area contributed by atoms with E-state index in [9.17, 15) is 4.79 Å². The van der Waals surface area contributed by atoms with E-state index in [1.165, 1.54) is 6.07 Å². The molecule has 0 saturated carbocycles. The van der Waals surface area contributed by atoms with Gasteiger partial charge < -0.3 is 0 Å².